The van der Waals surface area contributed by atoms with E-state index in [1.54, 1.807) is 10.9 Å². The number of amides is 1. The molecule has 1 N–H and O–H groups in total. The number of fused-ring (bicyclic) bond motifs is 1. The fraction of sp³-hybridized carbons (Fsp3) is 0.241. The summed E-state index contributed by atoms with van der Waals surface area (Å²) in [7, 11) is 0. The Hall–Kier alpha value is -4.26. The van der Waals surface area contributed by atoms with Crippen LogP contribution in [0.3, 0.4) is 0 Å². The summed E-state index contributed by atoms with van der Waals surface area (Å²) in [5, 5.41) is 13.4. The van der Waals surface area contributed by atoms with E-state index in [0.29, 0.717) is 12.2 Å². The first-order valence-corrected chi connectivity index (χ1v) is 12.1. The molecule has 1 amide bonds. The molecule has 0 bridgehead atoms. The fourth-order valence-electron chi connectivity index (χ4n) is 4.66. The molecule has 5 aromatic rings. The molecule has 0 spiro atoms. The number of rotatable bonds is 6. The Morgan fingerprint density at radius 2 is 1.58 bits per heavy atom. The van der Waals surface area contributed by atoms with Crippen LogP contribution in [0, 0.1) is 34.6 Å². The van der Waals surface area contributed by atoms with E-state index >= 15 is 0 Å². The van der Waals surface area contributed by atoms with Gasteiger partial charge in [0.2, 0.25) is 5.91 Å². The molecule has 5 rings (SSSR count). The third-order valence-electron chi connectivity index (χ3n) is 6.69. The van der Waals surface area contributed by atoms with Crippen LogP contribution in [0.1, 0.15) is 33.8 Å². The van der Waals surface area contributed by atoms with E-state index in [1.807, 2.05) is 43.7 Å². The highest BCUT2D eigenvalue weighted by molar-refractivity contribution is 5.96. The number of nitrogens with zero attached hydrogens (tertiary/aromatic N) is 5. The molecule has 0 saturated heterocycles. The molecule has 182 valence electrons. The van der Waals surface area contributed by atoms with Crippen LogP contribution in [0.25, 0.3) is 22.2 Å². The van der Waals surface area contributed by atoms with Gasteiger partial charge in [-0.25, -0.2) is 9.67 Å². The maximum atomic E-state index is 13.1. The highest BCUT2D eigenvalue weighted by atomic mass is 16.2. The summed E-state index contributed by atoms with van der Waals surface area (Å²) >= 11 is 0. The van der Waals surface area contributed by atoms with Crippen LogP contribution < -0.4 is 5.32 Å². The number of hydrogen-bond donors (Lipinski definition) is 1. The van der Waals surface area contributed by atoms with Crippen LogP contribution in [0.5, 0.6) is 0 Å². The molecule has 0 aliphatic heterocycles. The number of carbonyl (C=O) groups is 1. The van der Waals surface area contributed by atoms with Gasteiger partial charge in [0.05, 0.1) is 29.3 Å². The molecule has 7 heteroatoms. The molecule has 3 heterocycles. The van der Waals surface area contributed by atoms with Crippen LogP contribution in [0.2, 0.25) is 0 Å². The van der Waals surface area contributed by atoms with Gasteiger partial charge in [-0.2, -0.15) is 10.2 Å². The summed E-state index contributed by atoms with van der Waals surface area (Å²) in [6.45, 7) is 10.7. The predicted molar refractivity (Wildman–Crippen MR) is 143 cm³/mol. The minimum Gasteiger partial charge on any atom is -0.321 e. The minimum atomic E-state index is -0.163. The summed E-state index contributed by atoms with van der Waals surface area (Å²) in [6, 6.07) is 18.7. The van der Waals surface area contributed by atoms with Gasteiger partial charge in [-0.3, -0.25) is 9.48 Å². The maximum Gasteiger partial charge on any atom is 0.246 e. The highest BCUT2D eigenvalue weighted by Gasteiger charge is 2.19. The van der Waals surface area contributed by atoms with Crippen LogP contribution in [0.4, 0.5) is 5.69 Å². The van der Waals surface area contributed by atoms with Crippen molar-refractivity contribution in [3.63, 3.8) is 0 Å². The number of anilines is 1. The topological polar surface area (TPSA) is 77.6 Å². The van der Waals surface area contributed by atoms with Crippen molar-refractivity contribution in [2.75, 3.05) is 5.32 Å². The molecule has 3 aromatic heterocycles. The second-order valence-corrected chi connectivity index (χ2v) is 9.34. The number of benzene rings is 2. The fourth-order valence-corrected chi connectivity index (χ4v) is 4.66. The van der Waals surface area contributed by atoms with Gasteiger partial charge < -0.3 is 5.32 Å². The molecule has 36 heavy (non-hydrogen) atoms. The van der Waals surface area contributed by atoms with E-state index < -0.39 is 0 Å². The van der Waals surface area contributed by atoms with Crippen LogP contribution >= 0.6 is 0 Å². The molecule has 0 aliphatic rings. The lowest BCUT2D eigenvalue weighted by molar-refractivity contribution is -0.116. The normalized spacial score (nSPS) is 11.2. The molecule has 0 radical (unpaired) electrons. The monoisotopic (exact) mass is 478 g/mol. The van der Waals surface area contributed by atoms with E-state index in [9.17, 15) is 4.79 Å². The third kappa shape index (κ3) is 4.40. The smallest absolute Gasteiger partial charge is 0.246 e. The van der Waals surface area contributed by atoms with Gasteiger partial charge >= 0.3 is 0 Å². The molecule has 0 unspecified atom stereocenters. The van der Waals surface area contributed by atoms with Crippen LogP contribution in [-0.2, 0) is 17.9 Å². The SMILES string of the molecule is Cc1ccc(-c2ccnc3c2c(C)nn3CC(=O)Nc2c(C)nn(Cc3ccccc3C)c2C)cc1. The largest absolute Gasteiger partial charge is 0.321 e. The quantitative estimate of drug-likeness (QED) is 0.348. The molecule has 0 aliphatic carbocycles. The van der Waals surface area contributed by atoms with E-state index in [1.165, 1.54) is 16.7 Å². The van der Waals surface area contributed by atoms with E-state index in [4.69, 9.17) is 0 Å². The first-order valence-electron chi connectivity index (χ1n) is 12.1. The Labute approximate surface area is 210 Å². The maximum absolute atomic E-state index is 13.1. The number of aromatic nitrogens is 5. The van der Waals surface area contributed by atoms with Gasteiger partial charge in [-0.15, -0.1) is 0 Å². The first kappa shape index (κ1) is 23.5. The summed E-state index contributed by atoms with van der Waals surface area (Å²) in [4.78, 5) is 17.7. The van der Waals surface area contributed by atoms with Gasteiger partial charge in [-0.1, -0.05) is 54.1 Å². The van der Waals surface area contributed by atoms with Crippen molar-refractivity contribution in [1.82, 2.24) is 24.5 Å². The van der Waals surface area contributed by atoms with Crippen molar-refractivity contribution in [1.29, 1.82) is 0 Å². The first-order chi connectivity index (χ1) is 17.3. The molecular weight excluding hydrogens is 448 g/mol. The van der Waals surface area contributed by atoms with Gasteiger partial charge in [-0.05, 0) is 62.9 Å². The minimum absolute atomic E-state index is 0.0660. The second kappa shape index (κ2) is 9.41. The van der Waals surface area contributed by atoms with E-state index in [0.717, 1.165) is 39.3 Å². The Balaban J connectivity index is 1.39. The molecular formula is C29H30N6O. The van der Waals surface area contributed by atoms with Crippen molar-refractivity contribution in [3.05, 3.63) is 94.6 Å². The van der Waals surface area contributed by atoms with Crippen LogP contribution in [0.15, 0.2) is 60.8 Å². The number of aryl methyl sites for hydroxylation is 4. The molecule has 0 atom stereocenters. The van der Waals surface area contributed by atoms with Gasteiger partial charge in [0.25, 0.3) is 0 Å². The lowest BCUT2D eigenvalue weighted by Crippen LogP contribution is -2.20. The zero-order valence-corrected chi connectivity index (χ0v) is 21.3. The molecule has 7 nitrogen and oxygen atoms in total. The van der Waals surface area contributed by atoms with Crippen molar-refractivity contribution < 1.29 is 4.79 Å². The van der Waals surface area contributed by atoms with Crippen molar-refractivity contribution in [3.8, 4) is 11.1 Å². The van der Waals surface area contributed by atoms with Gasteiger partial charge in [0, 0.05) is 11.6 Å². The van der Waals surface area contributed by atoms with Crippen molar-refractivity contribution >= 4 is 22.6 Å². The van der Waals surface area contributed by atoms with Gasteiger partial charge in [0.1, 0.15) is 6.54 Å². The van der Waals surface area contributed by atoms with Crippen molar-refractivity contribution in [2.45, 2.75) is 47.7 Å². The summed E-state index contributed by atoms with van der Waals surface area (Å²) in [6.07, 6.45) is 1.77. The van der Waals surface area contributed by atoms with E-state index in [2.05, 4.69) is 70.7 Å². The van der Waals surface area contributed by atoms with Gasteiger partial charge in [0.15, 0.2) is 5.65 Å². The van der Waals surface area contributed by atoms with Crippen LogP contribution in [-0.4, -0.2) is 30.5 Å². The standard InChI is InChI=1S/C29H30N6O/c1-18-10-12-23(13-11-18)25-14-15-30-29-27(25)20(3)32-35(29)17-26(36)31-28-21(4)33-34(22(28)5)16-24-9-7-6-8-19(24)2/h6-15H,16-17H2,1-5H3,(H,31,36). The predicted octanol–water partition coefficient (Wildman–Crippen LogP) is 5.52. The summed E-state index contributed by atoms with van der Waals surface area (Å²) in [5.41, 5.74) is 9.80. The lowest BCUT2D eigenvalue weighted by atomic mass is 10.0. The average Bonchev–Trinajstić information content (AvgIpc) is 3.31. The Bertz CT molecular complexity index is 1580. The number of pyridine rings is 1. The van der Waals surface area contributed by atoms with E-state index in [-0.39, 0.29) is 12.5 Å². The summed E-state index contributed by atoms with van der Waals surface area (Å²) < 4.78 is 3.62. The Morgan fingerprint density at radius 1 is 0.861 bits per heavy atom. The highest BCUT2D eigenvalue weighted by Crippen LogP contribution is 2.30. The number of carbonyl (C=O) groups excluding carboxylic acids is 1. The Kier molecular flexibility index (Phi) is 6.14. The number of hydrogen-bond acceptors (Lipinski definition) is 4. The molecule has 0 saturated carbocycles. The zero-order valence-electron chi connectivity index (χ0n) is 21.3. The lowest BCUT2D eigenvalue weighted by Gasteiger charge is -2.09. The summed E-state index contributed by atoms with van der Waals surface area (Å²) in [5.74, 6) is -0.163. The molecule has 2 aromatic carbocycles. The Morgan fingerprint density at radius 3 is 2.33 bits per heavy atom. The zero-order chi connectivity index (χ0) is 25.4. The molecule has 0 fully saturated rings. The number of nitrogens with one attached hydrogen (secondary N) is 1. The second-order valence-electron chi connectivity index (χ2n) is 9.34. The average molecular weight is 479 g/mol. The third-order valence-corrected chi connectivity index (χ3v) is 6.69. The van der Waals surface area contributed by atoms with Crippen molar-refractivity contribution in [2.24, 2.45) is 0 Å².